The first kappa shape index (κ1) is 25.2. The van der Waals surface area contributed by atoms with Crippen LogP contribution in [0.25, 0.3) is 0 Å². The number of halogens is 1. The van der Waals surface area contributed by atoms with Crippen LogP contribution in [0.5, 0.6) is 5.75 Å². The molecule has 33 heavy (non-hydrogen) atoms. The van der Waals surface area contributed by atoms with Gasteiger partial charge in [-0.3, -0.25) is 14.9 Å². The van der Waals surface area contributed by atoms with Gasteiger partial charge in [-0.25, -0.2) is 0 Å². The van der Waals surface area contributed by atoms with E-state index in [0.29, 0.717) is 39.6 Å². The standard InChI is InChI=1S/C25H30BrN3O3S/c1-17(2)16-32-22-12-9-19(15-21(22)26)23(30)28-25(33)27-20-10-7-18(8-11-20)24(31)29-13-5-3-4-6-14-29/h7-12,15,17H,3-6,13-14,16H2,1-2H3,(H2,27,28,30,33). The quantitative estimate of drug-likeness (QED) is 0.473. The van der Waals surface area contributed by atoms with Crippen molar-refractivity contribution in [2.75, 3.05) is 25.0 Å². The first-order valence-electron chi connectivity index (χ1n) is 11.3. The lowest BCUT2D eigenvalue weighted by Crippen LogP contribution is -2.34. The molecule has 0 unspecified atom stereocenters. The Morgan fingerprint density at radius 1 is 1.03 bits per heavy atom. The number of nitrogens with zero attached hydrogens (tertiary/aromatic N) is 1. The van der Waals surface area contributed by atoms with E-state index in [1.165, 1.54) is 12.8 Å². The normalized spacial score (nSPS) is 13.9. The molecule has 1 aliphatic rings. The van der Waals surface area contributed by atoms with Crippen molar-refractivity contribution >= 4 is 50.8 Å². The number of thiocarbonyl (C=S) groups is 1. The lowest BCUT2D eigenvalue weighted by molar-refractivity contribution is 0.0761. The lowest BCUT2D eigenvalue weighted by Gasteiger charge is -2.20. The van der Waals surface area contributed by atoms with E-state index < -0.39 is 0 Å². The van der Waals surface area contributed by atoms with E-state index in [0.717, 1.165) is 25.9 Å². The molecular formula is C25H30BrN3O3S. The van der Waals surface area contributed by atoms with Gasteiger partial charge >= 0.3 is 0 Å². The van der Waals surface area contributed by atoms with E-state index in [1.807, 2.05) is 4.90 Å². The molecular weight excluding hydrogens is 502 g/mol. The third kappa shape index (κ3) is 7.54. The summed E-state index contributed by atoms with van der Waals surface area (Å²) in [5, 5.41) is 5.86. The zero-order chi connectivity index (χ0) is 23.8. The van der Waals surface area contributed by atoms with Gasteiger partial charge < -0.3 is 15.0 Å². The number of nitrogens with one attached hydrogen (secondary N) is 2. The molecule has 0 aromatic heterocycles. The molecule has 6 nitrogen and oxygen atoms in total. The smallest absolute Gasteiger partial charge is 0.257 e. The zero-order valence-corrected chi connectivity index (χ0v) is 21.4. The topological polar surface area (TPSA) is 70.7 Å². The Morgan fingerprint density at radius 3 is 2.27 bits per heavy atom. The number of hydrogen-bond donors (Lipinski definition) is 2. The molecule has 3 rings (SSSR count). The fourth-order valence-electron chi connectivity index (χ4n) is 3.51. The molecule has 0 radical (unpaired) electrons. The summed E-state index contributed by atoms with van der Waals surface area (Å²) in [4.78, 5) is 27.2. The molecule has 176 valence electrons. The third-order valence-electron chi connectivity index (χ3n) is 5.28. The second-order valence-electron chi connectivity index (χ2n) is 8.54. The summed E-state index contributed by atoms with van der Waals surface area (Å²) in [6, 6.07) is 12.3. The van der Waals surface area contributed by atoms with Crippen LogP contribution in [-0.4, -0.2) is 41.5 Å². The minimum Gasteiger partial charge on any atom is -0.492 e. The van der Waals surface area contributed by atoms with Crippen molar-refractivity contribution in [3.05, 3.63) is 58.1 Å². The van der Waals surface area contributed by atoms with Gasteiger partial charge in [-0.05, 0) is 89.4 Å². The lowest BCUT2D eigenvalue weighted by atomic mass is 10.1. The summed E-state index contributed by atoms with van der Waals surface area (Å²) in [5.74, 6) is 0.836. The van der Waals surface area contributed by atoms with E-state index in [-0.39, 0.29) is 16.9 Å². The minimum absolute atomic E-state index is 0.0609. The van der Waals surface area contributed by atoms with Crippen molar-refractivity contribution in [3.8, 4) is 5.75 Å². The Kier molecular flexibility index (Phi) is 9.26. The van der Waals surface area contributed by atoms with Crippen LogP contribution in [0.3, 0.4) is 0 Å². The zero-order valence-electron chi connectivity index (χ0n) is 19.0. The Morgan fingerprint density at radius 2 is 1.67 bits per heavy atom. The van der Waals surface area contributed by atoms with E-state index in [1.54, 1.807) is 42.5 Å². The number of ether oxygens (including phenoxy) is 1. The first-order valence-corrected chi connectivity index (χ1v) is 12.5. The maximum absolute atomic E-state index is 12.7. The van der Waals surface area contributed by atoms with E-state index >= 15 is 0 Å². The summed E-state index contributed by atoms with van der Waals surface area (Å²) < 4.78 is 6.43. The monoisotopic (exact) mass is 531 g/mol. The molecule has 2 amide bonds. The number of amides is 2. The molecule has 8 heteroatoms. The highest BCUT2D eigenvalue weighted by molar-refractivity contribution is 9.10. The SMILES string of the molecule is CC(C)COc1ccc(C(=O)NC(=S)Nc2ccc(C(=O)N3CCCCCC3)cc2)cc1Br. The van der Waals surface area contributed by atoms with E-state index in [4.69, 9.17) is 17.0 Å². The maximum Gasteiger partial charge on any atom is 0.257 e. The Hall–Kier alpha value is -2.45. The molecule has 0 bridgehead atoms. The Bertz CT molecular complexity index is 987. The maximum atomic E-state index is 12.7. The van der Waals surface area contributed by atoms with Crippen molar-refractivity contribution in [1.29, 1.82) is 0 Å². The second-order valence-corrected chi connectivity index (χ2v) is 9.80. The molecule has 2 aromatic carbocycles. The van der Waals surface area contributed by atoms with Crippen LogP contribution in [-0.2, 0) is 0 Å². The van der Waals surface area contributed by atoms with Gasteiger partial charge in [-0.2, -0.15) is 0 Å². The van der Waals surface area contributed by atoms with Crippen LogP contribution in [0.1, 0.15) is 60.2 Å². The van der Waals surface area contributed by atoms with Crippen molar-refractivity contribution in [2.45, 2.75) is 39.5 Å². The molecule has 0 atom stereocenters. The number of rotatable bonds is 6. The molecule has 1 heterocycles. The largest absolute Gasteiger partial charge is 0.492 e. The molecule has 1 fully saturated rings. The Balaban J connectivity index is 1.54. The van der Waals surface area contributed by atoms with Crippen molar-refractivity contribution in [3.63, 3.8) is 0 Å². The van der Waals surface area contributed by atoms with Gasteiger partial charge in [0.25, 0.3) is 11.8 Å². The number of likely N-dealkylation sites (tertiary alicyclic amines) is 1. The molecule has 1 aliphatic heterocycles. The first-order chi connectivity index (χ1) is 15.8. The number of carbonyl (C=O) groups is 2. The fourth-order valence-corrected chi connectivity index (χ4v) is 4.21. The van der Waals surface area contributed by atoms with Crippen LogP contribution in [0.15, 0.2) is 46.9 Å². The molecule has 2 aromatic rings. The van der Waals surface area contributed by atoms with E-state index in [9.17, 15) is 9.59 Å². The Labute approximate surface area is 209 Å². The van der Waals surface area contributed by atoms with Gasteiger partial charge in [-0.15, -0.1) is 0 Å². The van der Waals surface area contributed by atoms with Gasteiger partial charge in [0.2, 0.25) is 0 Å². The highest BCUT2D eigenvalue weighted by Gasteiger charge is 2.17. The van der Waals surface area contributed by atoms with Gasteiger partial charge in [0, 0.05) is 29.9 Å². The van der Waals surface area contributed by atoms with Crippen LogP contribution < -0.4 is 15.4 Å². The third-order valence-corrected chi connectivity index (χ3v) is 6.10. The summed E-state index contributed by atoms with van der Waals surface area (Å²) in [6.07, 6.45) is 4.48. The van der Waals surface area contributed by atoms with E-state index in [2.05, 4.69) is 40.4 Å². The second kappa shape index (κ2) is 12.1. The van der Waals surface area contributed by atoms with Crippen LogP contribution in [0.2, 0.25) is 0 Å². The highest BCUT2D eigenvalue weighted by Crippen LogP contribution is 2.26. The summed E-state index contributed by atoms with van der Waals surface area (Å²) in [7, 11) is 0. The van der Waals surface area contributed by atoms with Gasteiger partial charge in [0.1, 0.15) is 5.75 Å². The number of carbonyl (C=O) groups excluding carboxylic acids is 2. The van der Waals surface area contributed by atoms with Gasteiger partial charge in [0.15, 0.2) is 5.11 Å². The van der Waals surface area contributed by atoms with Crippen molar-refractivity contribution in [1.82, 2.24) is 10.2 Å². The predicted molar refractivity (Wildman–Crippen MR) is 139 cm³/mol. The average Bonchev–Trinajstić information content (AvgIpc) is 3.07. The van der Waals surface area contributed by atoms with Crippen LogP contribution in [0.4, 0.5) is 5.69 Å². The minimum atomic E-state index is -0.323. The van der Waals surface area contributed by atoms with Gasteiger partial charge in [0.05, 0.1) is 11.1 Å². The summed E-state index contributed by atoms with van der Waals surface area (Å²) in [6.45, 7) is 6.38. The molecule has 0 saturated carbocycles. The number of anilines is 1. The fraction of sp³-hybridized carbons (Fsp3) is 0.400. The number of benzene rings is 2. The molecule has 1 saturated heterocycles. The summed E-state index contributed by atoms with van der Waals surface area (Å²) >= 11 is 8.74. The molecule has 0 spiro atoms. The average molecular weight is 533 g/mol. The van der Waals surface area contributed by atoms with Gasteiger partial charge in [-0.1, -0.05) is 26.7 Å². The molecule has 0 aliphatic carbocycles. The molecule has 2 N–H and O–H groups in total. The van der Waals surface area contributed by atoms with Crippen LogP contribution in [0, 0.1) is 5.92 Å². The predicted octanol–water partition coefficient (Wildman–Crippen LogP) is 5.63. The highest BCUT2D eigenvalue weighted by atomic mass is 79.9. The van der Waals surface area contributed by atoms with Crippen molar-refractivity contribution in [2.24, 2.45) is 5.92 Å². The van der Waals surface area contributed by atoms with Crippen LogP contribution >= 0.6 is 28.1 Å². The van der Waals surface area contributed by atoms with Crippen molar-refractivity contribution < 1.29 is 14.3 Å². The number of hydrogen-bond acceptors (Lipinski definition) is 4. The summed E-state index contributed by atoms with van der Waals surface area (Å²) in [5.41, 5.74) is 1.81.